The largest absolute Gasteiger partial charge is 0.316 e. The van der Waals surface area contributed by atoms with Gasteiger partial charge in [-0.15, -0.1) is 0 Å². The van der Waals surface area contributed by atoms with Gasteiger partial charge in [-0.05, 0) is 38.6 Å². The average molecular weight is 277 g/mol. The third kappa shape index (κ3) is 3.08. The highest BCUT2D eigenvalue weighted by Gasteiger charge is 2.26. The second-order valence-electron chi connectivity index (χ2n) is 6.15. The second kappa shape index (κ2) is 7.26. The van der Waals surface area contributed by atoms with Crippen LogP contribution in [0.5, 0.6) is 0 Å². The average Bonchev–Trinajstić information content (AvgIpc) is 2.85. The molecule has 1 fully saturated rings. The van der Waals surface area contributed by atoms with Crippen LogP contribution in [-0.2, 0) is 19.4 Å². The molecule has 0 amide bonds. The van der Waals surface area contributed by atoms with Gasteiger partial charge in [0.1, 0.15) is 0 Å². The zero-order valence-electron chi connectivity index (χ0n) is 13.7. The lowest BCUT2D eigenvalue weighted by molar-refractivity contribution is 0.243. The Morgan fingerprint density at radius 1 is 1.20 bits per heavy atom. The lowest BCUT2D eigenvalue weighted by Crippen LogP contribution is -2.21. The first-order chi connectivity index (χ1) is 9.74. The topological polar surface area (TPSA) is 29.9 Å². The van der Waals surface area contributed by atoms with Crippen LogP contribution in [0.3, 0.4) is 0 Å². The standard InChI is InChI=1S/C17H31N3/c1-5-13-9-8-10-14(11-13)20-17(7-3)15(12-18-4)16(6-2)19-20/h13-14,18H,5-12H2,1-4H3. The van der Waals surface area contributed by atoms with Crippen molar-refractivity contribution in [2.45, 2.75) is 78.3 Å². The minimum atomic E-state index is 0.638. The summed E-state index contributed by atoms with van der Waals surface area (Å²) >= 11 is 0. The van der Waals surface area contributed by atoms with E-state index in [1.54, 1.807) is 0 Å². The molecule has 2 rings (SSSR count). The summed E-state index contributed by atoms with van der Waals surface area (Å²) in [6, 6.07) is 0.638. The number of aromatic nitrogens is 2. The Balaban J connectivity index is 2.30. The Bertz CT molecular complexity index is 422. The molecule has 3 heteroatoms. The Morgan fingerprint density at radius 2 is 2.00 bits per heavy atom. The SMILES string of the molecule is CCc1nn(C2CCCC(CC)C2)c(CC)c1CNC. The minimum absolute atomic E-state index is 0.638. The van der Waals surface area contributed by atoms with Gasteiger partial charge in [-0.2, -0.15) is 5.10 Å². The monoisotopic (exact) mass is 277 g/mol. The number of rotatable bonds is 6. The molecule has 0 saturated heterocycles. The summed E-state index contributed by atoms with van der Waals surface area (Å²) < 4.78 is 2.40. The van der Waals surface area contributed by atoms with Gasteiger partial charge >= 0.3 is 0 Å². The van der Waals surface area contributed by atoms with Crippen molar-refractivity contribution in [1.82, 2.24) is 15.1 Å². The predicted molar refractivity (Wildman–Crippen MR) is 85.0 cm³/mol. The molecule has 1 heterocycles. The fourth-order valence-electron chi connectivity index (χ4n) is 3.75. The highest BCUT2D eigenvalue weighted by atomic mass is 15.3. The summed E-state index contributed by atoms with van der Waals surface area (Å²) in [5, 5.41) is 8.30. The van der Waals surface area contributed by atoms with E-state index < -0.39 is 0 Å². The molecule has 0 bridgehead atoms. The Kier molecular flexibility index (Phi) is 5.64. The highest BCUT2D eigenvalue weighted by molar-refractivity contribution is 5.27. The molecule has 114 valence electrons. The summed E-state index contributed by atoms with van der Waals surface area (Å²) in [5.74, 6) is 0.903. The molecule has 1 aliphatic rings. The van der Waals surface area contributed by atoms with Crippen LogP contribution >= 0.6 is 0 Å². The Morgan fingerprint density at radius 3 is 2.60 bits per heavy atom. The van der Waals surface area contributed by atoms with Crippen molar-refractivity contribution in [1.29, 1.82) is 0 Å². The second-order valence-corrected chi connectivity index (χ2v) is 6.15. The van der Waals surface area contributed by atoms with E-state index in [2.05, 4.69) is 30.8 Å². The molecule has 0 spiro atoms. The van der Waals surface area contributed by atoms with Crippen LogP contribution in [0.25, 0.3) is 0 Å². The van der Waals surface area contributed by atoms with Crippen molar-refractivity contribution >= 4 is 0 Å². The third-order valence-corrected chi connectivity index (χ3v) is 4.90. The van der Waals surface area contributed by atoms with Crippen molar-refractivity contribution in [2.75, 3.05) is 7.05 Å². The maximum absolute atomic E-state index is 4.99. The lowest BCUT2D eigenvalue weighted by Gasteiger charge is -2.30. The number of nitrogens with one attached hydrogen (secondary N) is 1. The molecule has 1 aliphatic carbocycles. The first-order valence-electron chi connectivity index (χ1n) is 8.48. The summed E-state index contributed by atoms with van der Waals surface area (Å²) in [6.45, 7) is 7.78. The fourth-order valence-corrected chi connectivity index (χ4v) is 3.75. The quantitative estimate of drug-likeness (QED) is 0.855. The molecular formula is C17H31N3. The molecule has 3 nitrogen and oxygen atoms in total. The van der Waals surface area contributed by atoms with E-state index in [1.165, 1.54) is 49.1 Å². The fraction of sp³-hybridized carbons (Fsp3) is 0.824. The summed E-state index contributed by atoms with van der Waals surface area (Å²) in [6.07, 6.45) is 8.89. The zero-order chi connectivity index (χ0) is 14.5. The van der Waals surface area contributed by atoms with E-state index in [0.717, 1.165) is 25.3 Å². The molecule has 1 saturated carbocycles. The van der Waals surface area contributed by atoms with Crippen molar-refractivity contribution < 1.29 is 0 Å². The van der Waals surface area contributed by atoms with Gasteiger partial charge in [0.05, 0.1) is 11.7 Å². The maximum Gasteiger partial charge on any atom is 0.0669 e. The van der Waals surface area contributed by atoms with E-state index in [-0.39, 0.29) is 0 Å². The van der Waals surface area contributed by atoms with E-state index in [0.29, 0.717) is 6.04 Å². The number of aryl methyl sites for hydroxylation is 1. The predicted octanol–water partition coefficient (Wildman–Crippen LogP) is 3.87. The molecule has 20 heavy (non-hydrogen) atoms. The smallest absolute Gasteiger partial charge is 0.0669 e. The van der Waals surface area contributed by atoms with Crippen molar-refractivity contribution in [2.24, 2.45) is 5.92 Å². The molecule has 2 unspecified atom stereocenters. The first-order valence-corrected chi connectivity index (χ1v) is 8.48. The molecule has 0 aromatic carbocycles. The summed E-state index contributed by atoms with van der Waals surface area (Å²) in [5.41, 5.74) is 4.23. The molecule has 0 radical (unpaired) electrons. The lowest BCUT2D eigenvalue weighted by atomic mass is 9.84. The van der Waals surface area contributed by atoms with Gasteiger partial charge in [-0.1, -0.05) is 40.0 Å². The number of nitrogens with zero attached hydrogens (tertiary/aromatic N) is 2. The third-order valence-electron chi connectivity index (χ3n) is 4.90. The van der Waals surface area contributed by atoms with E-state index in [1.807, 2.05) is 7.05 Å². The molecule has 1 aromatic heterocycles. The molecule has 0 aliphatic heterocycles. The summed E-state index contributed by atoms with van der Waals surface area (Å²) in [7, 11) is 2.03. The Labute approximate surface area is 124 Å². The van der Waals surface area contributed by atoms with Gasteiger partial charge in [-0.25, -0.2) is 0 Å². The molecule has 2 atom stereocenters. The molecule has 1 aromatic rings. The van der Waals surface area contributed by atoms with Crippen LogP contribution in [0.1, 0.15) is 75.9 Å². The first kappa shape index (κ1) is 15.6. The summed E-state index contributed by atoms with van der Waals surface area (Å²) in [4.78, 5) is 0. The minimum Gasteiger partial charge on any atom is -0.316 e. The maximum atomic E-state index is 4.99. The molecule has 1 N–H and O–H groups in total. The van der Waals surface area contributed by atoms with Gasteiger partial charge in [0.25, 0.3) is 0 Å². The van der Waals surface area contributed by atoms with Gasteiger partial charge in [0.2, 0.25) is 0 Å². The van der Waals surface area contributed by atoms with Crippen LogP contribution in [-0.4, -0.2) is 16.8 Å². The molecular weight excluding hydrogens is 246 g/mol. The van der Waals surface area contributed by atoms with Crippen LogP contribution in [0.2, 0.25) is 0 Å². The van der Waals surface area contributed by atoms with Gasteiger partial charge < -0.3 is 5.32 Å². The van der Waals surface area contributed by atoms with Gasteiger partial charge in [0.15, 0.2) is 0 Å². The van der Waals surface area contributed by atoms with Crippen molar-refractivity contribution in [3.8, 4) is 0 Å². The normalized spacial score (nSPS) is 23.2. The highest BCUT2D eigenvalue weighted by Crippen LogP contribution is 2.35. The van der Waals surface area contributed by atoms with Crippen molar-refractivity contribution in [3.05, 3.63) is 17.0 Å². The van der Waals surface area contributed by atoms with E-state index in [4.69, 9.17) is 5.10 Å². The van der Waals surface area contributed by atoms with Crippen molar-refractivity contribution in [3.63, 3.8) is 0 Å². The van der Waals surface area contributed by atoms with Crippen LogP contribution in [0.15, 0.2) is 0 Å². The van der Waals surface area contributed by atoms with Gasteiger partial charge in [-0.3, -0.25) is 4.68 Å². The van der Waals surface area contributed by atoms with E-state index >= 15 is 0 Å². The number of hydrogen-bond acceptors (Lipinski definition) is 2. The van der Waals surface area contributed by atoms with Crippen LogP contribution in [0, 0.1) is 5.92 Å². The van der Waals surface area contributed by atoms with Gasteiger partial charge in [0, 0.05) is 17.8 Å². The number of hydrogen-bond donors (Lipinski definition) is 1. The van der Waals surface area contributed by atoms with Crippen LogP contribution < -0.4 is 5.32 Å². The van der Waals surface area contributed by atoms with E-state index in [9.17, 15) is 0 Å². The Hall–Kier alpha value is -0.830. The zero-order valence-corrected chi connectivity index (χ0v) is 13.7. The van der Waals surface area contributed by atoms with Crippen LogP contribution in [0.4, 0.5) is 0 Å².